The molecule has 32 heavy (non-hydrogen) atoms. The molecule has 1 unspecified atom stereocenters. The molecular weight excluding hydrogens is 396 g/mol. The Morgan fingerprint density at radius 2 is 1.22 bits per heavy atom. The lowest BCUT2D eigenvalue weighted by Crippen LogP contribution is -2.25. The molecule has 0 aliphatic carbocycles. The fraction of sp³-hybridized carbons (Fsp3) is 0.586. The van der Waals surface area contributed by atoms with Gasteiger partial charge in [-0.15, -0.1) is 0 Å². The molecule has 0 saturated heterocycles. The summed E-state index contributed by atoms with van der Waals surface area (Å²) in [6, 6.07) is 0. The number of hydrogen-bond acceptors (Lipinski definition) is 3. The van der Waals surface area contributed by atoms with Gasteiger partial charge in [0.1, 0.15) is 0 Å². The van der Waals surface area contributed by atoms with Crippen LogP contribution in [0.2, 0.25) is 0 Å². The lowest BCUT2D eigenvalue weighted by molar-refractivity contribution is 0.0431. The Morgan fingerprint density at radius 3 is 1.78 bits per heavy atom. The highest BCUT2D eigenvalue weighted by molar-refractivity contribution is 5.57. The summed E-state index contributed by atoms with van der Waals surface area (Å²) < 4.78 is 0. The number of benzene rings is 1. The van der Waals surface area contributed by atoms with E-state index < -0.39 is 5.60 Å². The molecule has 0 heterocycles. The van der Waals surface area contributed by atoms with Crippen LogP contribution in [0.1, 0.15) is 102 Å². The van der Waals surface area contributed by atoms with Gasteiger partial charge in [-0.1, -0.05) is 34.9 Å². The Labute approximate surface area is 196 Å². The van der Waals surface area contributed by atoms with Crippen LogP contribution in [0.15, 0.2) is 34.9 Å². The Bertz CT molecular complexity index is 821. The van der Waals surface area contributed by atoms with Crippen LogP contribution >= 0.6 is 0 Å². The molecule has 0 saturated carbocycles. The summed E-state index contributed by atoms with van der Waals surface area (Å²) in [5.74, 6) is -0.0726. The Morgan fingerprint density at radius 1 is 0.719 bits per heavy atom. The quantitative estimate of drug-likeness (QED) is 0.228. The van der Waals surface area contributed by atoms with Crippen LogP contribution in [0.3, 0.4) is 0 Å². The second kappa shape index (κ2) is 12.9. The number of aromatic hydroxyl groups is 2. The average Bonchev–Trinajstić information content (AvgIpc) is 2.70. The van der Waals surface area contributed by atoms with Crippen molar-refractivity contribution in [2.24, 2.45) is 0 Å². The van der Waals surface area contributed by atoms with E-state index in [-0.39, 0.29) is 11.5 Å². The van der Waals surface area contributed by atoms with E-state index >= 15 is 0 Å². The highest BCUT2D eigenvalue weighted by Crippen LogP contribution is 2.38. The molecule has 0 bridgehead atoms. The van der Waals surface area contributed by atoms with Crippen molar-refractivity contribution >= 4 is 0 Å². The van der Waals surface area contributed by atoms with Gasteiger partial charge >= 0.3 is 0 Å². The number of aliphatic hydroxyl groups is 1. The van der Waals surface area contributed by atoms with E-state index in [1.165, 1.54) is 16.7 Å². The summed E-state index contributed by atoms with van der Waals surface area (Å²) in [6.07, 6.45) is 14.2. The summed E-state index contributed by atoms with van der Waals surface area (Å²) in [4.78, 5) is 0. The fourth-order valence-electron chi connectivity index (χ4n) is 4.05. The van der Waals surface area contributed by atoms with Gasteiger partial charge in [-0.05, 0) is 129 Å². The zero-order valence-electron chi connectivity index (χ0n) is 21.7. The highest BCUT2D eigenvalue weighted by atomic mass is 16.3. The Hall–Kier alpha value is -2.00. The summed E-state index contributed by atoms with van der Waals surface area (Å²) >= 11 is 0. The van der Waals surface area contributed by atoms with Crippen molar-refractivity contribution in [2.75, 3.05) is 0 Å². The van der Waals surface area contributed by atoms with Crippen LogP contribution in [0, 0.1) is 20.8 Å². The normalized spacial score (nSPS) is 14.4. The van der Waals surface area contributed by atoms with Gasteiger partial charge in [-0.2, -0.15) is 0 Å². The van der Waals surface area contributed by atoms with E-state index in [0.717, 1.165) is 43.2 Å². The molecule has 0 fully saturated rings. The van der Waals surface area contributed by atoms with E-state index in [2.05, 4.69) is 45.9 Å². The zero-order chi connectivity index (χ0) is 24.5. The van der Waals surface area contributed by atoms with Crippen LogP contribution in [-0.2, 0) is 6.42 Å². The molecule has 3 heteroatoms. The van der Waals surface area contributed by atoms with Gasteiger partial charge in [0, 0.05) is 0 Å². The molecule has 1 rings (SSSR count). The summed E-state index contributed by atoms with van der Waals surface area (Å²) in [5.41, 5.74) is 6.89. The number of phenolic OH excluding ortho intramolecular Hbond substituents is 2. The lowest BCUT2D eigenvalue weighted by atomic mass is 9.87. The van der Waals surface area contributed by atoms with Crippen LogP contribution in [0.4, 0.5) is 0 Å². The number of rotatable bonds is 12. The number of phenols is 2. The standard InChI is InChI=1S/C29H46O3/c1-20(2)12-9-13-21(3)14-10-15-22(4)16-11-18-29(8,32)19-17-26-23(5)24(6)27(30)28(31)25(26)7/h12,14,16,30-32H,9-11,13,15,17-19H2,1-8H3. The number of allylic oxidation sites excluding steroid dienone is 6. The van der Waals surface area contributed by atoms with Crippen LogP contribution < -0.4 is 0 Å². The van der Waals surface area contributed by atoms with Crippen molar-refractivity contribution in [3.8, 4) is 11.5 Å². The van der Waals surface area contributed by atoms with E-state index in [0.29, 0.717) is 30.4 Å². The van der Waals surface area contributed by atoms with Gasteiger partial charge < -0.3 is 15.3 Å². The smallest absolute Gasteiger partial charge is 0.160 e. The maximum Gasteiger partial charge on any atom is 0.160 e. The molecule has 1 aromatic rings. The first-order valence-corrected chi connectivity index (χ1v) is 12.0. The minimum Gasteiger partial charge on any atom is -0.504 e. The van der Waals surface area contributed by atoms with Crippen molar-refractivity contribution in [1.82, 2.24) is 0 Å². The third-order valence-corrected chi connectivity index (χ3v) is 6.61. The molecule has 0 aliphatic heterocycles. The molecule has 0 radical (unpaired) electrons. The van der Waals surface area contributed by atoms with Crippen molar-refractivity contribution in [3.05, 3.63) is 57.2 Å². The van der Waals surface area contributed by atoms with Gasteiger partial charge in [0.25, 0.3) is 0 Å². The maximum atomic E-state index is 10.9. The number of hydrogen-bond donors (Lipinski definition) is 3. The van der Waals surface area contributed by atoms with Crippen molar-refractivity contribution < 1.29 is 15.3 Å². The Kier molecular flexibility index (Phi) is 11.3. The minimum absolute atomic E-state index is 0.0333. The lowest BCUT2D eigenvalue weighted by Gasteiger charge is -2.24. The molecule has 1 atom stereocenters. The van der Waals surface area contributed by atoms with Gasteiger partial charge in [-0.25, -0.2) is 0 Å². The molecule has 0 spiro atoms. The molecule has 3 N–H and O–H groups in total. The monoisotopic (exact) mass is 442 g/mol. The van der Waals surface area contributed by atoms with E-state index in [1.54, 1.807) is 0 Å². The van der Waals surface area contributed by atoms with Crippen molar-refractivity contribution in [2.45, 2.75) is 112 Å². The average molecular weight is 443 g/mol. The predicted octanol–water partition coefficient (Wildman–Crippen LogP) is 7.91. The van der Waals surface area contributed by atoms with Crippen molar-refractivity contribution in [3.63, 3.8) is 0 Å². The molecule has 1 aromatic carbocycles. The molecule has 3 nitrogen and oxygen atoms in total. The molecule has 0 aliphatic rings. The first-order valence-electron chi connectivity index (χ1n) is 12.0. The summed E-state index contributed by atoms with van der Waals surface area (Å²) in [6.45, 7) is 16.2. The third-order valence-electron chi connectivity index (χ3n) is 6.61. The molecule has 0 amide bonds. The van der Waals surface area contributed by atoms with Gasteiger partial charge in [0.2, 0.25) is 0 Å². The zero-order valence-corrected chi connectivity index (χ0v) is 21.7. The van der Waals surface area contributed by atoms with Crippen LogP contribution in [0.25, 0.3) is 0 Å². The van der Waals surface area contributed by atoms with Crippen LogP contribution in [0.5, 0.6) is 11.5 Å². The molecule has 0 aromatic heterocycles. The molecular formula is C29H46O3. The van der Waals surface area contributed by atoms with Gasteiger partial charge in [0.15, 0.2) is 11.5 Å². The fourth-order valence-corrected chi connectivity index (χ4v) is 4.05. The largest absolute Gasteiger partial charge is 0.504 e. The second-order valence-electron chi connectivity index (χ2n) is 10.0. The van der Waals surface area contributed by atoms with E-state index in [1.807, 2.05) is 27.7 Å². The van der Waals surface area contributed by atoms with Crippen LogP contribution in [-0.4, -0.2) is 20.9 Å². The third kappa shape index (κ3) is 9.24. The SMILES string of the molecule is CC(C)=CCCC(C)=CCCC(C)=CCCC(C)(O)CCc1c(C)c(C)c(O)c(O)c1C. The first kappa shape index (κ1) is 28.0. The summed E-state index contributed by atoms with van der Waals surface area (Å²) in [5, 5.41) is 31.1. The summed E-state index contributed by atoms with van der Waals surface area (Å²) in [7, 11) is 0. The minimum atomic E-state index is -0.765. The van der Waals surface area contributed by atoms with Gasteiger partial charge in [-0.3, -0.25) is 0 Å². The van der Waals surface area contributed by atoms with E-state index in [4.69, 9.17) is 0 Å². The van der Waals surface area contributed by atoms with Crippen molar-refractivity contribution in [1.29, 1.82) is 0 Å². The van der Waals surface area contributed by atoms with Gasteiger partial charge in [0.05, 0.1) is 5.60 Å². The first-order chi connectivity index (χ1) is 14.9. The van der Waals surface area contributed by atoms with E-state index in [9.17, 15) is 15.3 Å². The second-order valence-corrected chi connectivity index (χ2v) is 10.0. The molecule has 180 valence electrons. The highest BCUT2D eigenvalue weighted by Gasteiger charge is 2.22. The predicted molar refractivity (Wildman–Crippen MR) is 138 cm³/mol. The Balaban J connectivity index is 2.53. The maximum absolute atomic E-state index is 10.9. The topological polar surface area (TPSA) is 60.7 Å².